The molecule has 1 aliphatic rings. The summed E-state index contributed by atoms with van der Waals surface area (Å²) in [5, 5.41) is 12.2. The molecular weight excluding hydrogens is 286 g/mol. The number of benzene rings is 1. The van der Waals surface area contributed by atoms with E-state index in [9.17, 15) is 9.00 Å². The third-order valence-electron chi connectivity index (χ3n) is 4.08. The third kappa shape index (κ3) is 4.14. The van der Waals surface area contributed by atoms with E-state index < -0.39 is 10.8 Å². The van der Waals surface area contributed by atoms with Crippen LogP contribution in [-0.2, 0) is 10.8 Å². The van der Waals surface area contributed by atoms with Gasteiger partial charge >= 0.3 is 0 Å². The number of amides is 1. The highest BCUT2D eigenvalue weighted by Gasteiger charge is 2.23. The van der Waals surface area contributed by atoms with Crippen molar-refractivity contribution in [1.29, 1.82) is 0 Å². The van der Waals surface area contributed by atoms with E-state index in [0.717, 1.165) is 25.7 Å². The van der Waals surface area contributed by atoms with Gasteiger partial charge in [-0.1, -0.05) is 19.1 Å². The van der Waals surface area contributed by atoms with Crippen molar-refractivity contribution in [3.8, 4) is 0 Å². The first kappa shape index (κ1) is 16.2. The smallest absolute Gasteiger partial charge is 0.252 e. The zero-order valence-electron chi connectivity index (χ0n) is 12.4. The SMILES string of the molecule is CCS(=O)c1ccccc1C(=O)NC1CCC(CO)CC1. The number of hydrogen-bond acceptors (Lipinski definition) is 3. The molecule has 0 bridgehead atoms. The molecule has 0 heterocycles. The molecule has 0 radical (unpaired) electrons. The Morgan fingerprint density at radius 1 is 1.29 bits per heavy atom. The van der Waals surface area contributed by atoms with Crippen molar-refractivity contribution in [1.82, 2.24) is 5.32 Å². The van der Waals surface area contributed by atoms with Gasteiger partial charge in [0.2, 0.25) is 0 Å². The minimum absolute atomic E-state index is 0.139. The number of carbonyl (C=O) groups excluding carboxylic acids is 1. The summed E-state index contributed by atoms with van der Waals surface area (Å²) in [6, 6.07) is 7.26. The molecule has 2 rings (SSSR count). The molecule has 1 aromatic rings. The van der Waals surface area contributed by atoms with Crippen molar-refractivity contribution in [3.63, 3.8) is 0 Å². The maximum absolute atomic E-state index is 12.4. The first-order valence-electron chi connectivity index (χ1n) is 7.54. The van der Waals surface area contributed by atoms with Crippen LogP contribution in [-0.4, -0.2) is 33.6 Å². The van der Waals surface area contributed by atoms with Crippen molar-refractivity contribution >= 4 is 16.7 Å². The summed E-state index contributed by atoms with van der Waals surface area (Å²) in [7, 11) is -1.13. The zero-order valence-corrected chi connectivity index (χ0v) is 13.2. The van der Waals surface area contributed by atoms with Crippen LogP contribution in [0.5, 0.6) is 0 Å². The largest absolute Gasteiger partial charge is 0.396 e. The standard InChI is InChI=1S/C16H23NO3S/c1-2-21(20)15-6-4-3-5-14(15)16(19)17-13-9-7-12(11-18)8-10-13/h3-6,12-13,18H,2,7-11H2,1H3,(H,17,19). The number of aliphatic hydroxyl groups is 1. The Balaban J connectivity index is 2.03. The van der Waals surface area contributed by atoms with Gasteiger partial charge in [-0.3, -0.25) is 9.00 Å². The number of aliphatic hydroxyl groups excluding tert-OH is 1. The molecule has 21 heavy (non-hydrogen) atoms. The Hall–Kier alpha value is -1.20. The van der Waals surface area contributed by atoms with Gasteiger partial charge in [0.1, 0.15) is 0 Å². The van der Waals surface area contributed by atoms with Gasteiger partial charge in [0.05, 0.1) is 21.3 Å². The third-order valence-corrected chi connectivity index (χ3v) is 5.45. The Morgan fingerprint density at radius 2 is 1.95 bits per heavy atom. The normalized spacial score (nSPS) is 23.5. The van der Waals surface area contributed by atoms with Crippen LogP contribution < -0.4 is 5.32 Å². The monoisotopic (exact) mass is 309 g/mol. The van der Waals surface area contributed by atoms with Crippen LogP contribution in [0.25, 0.3) is 0 Å². The van der Waals surface area contributed by atoms with Gasteiger partial charge < -0.3 is 10.4 Å². The van der Waals surface area contributed by atoms with Crippen molar-refractivity contribution in [2.24, 2.45) is 5.92 Å². The Morgan fingerprint density at radius 3 is 2.57 bits per heavy atom. The summed E-state index contributed by atoms with van der Waals surface area (Å²) in [5.74, 6) is 0.740. The summed E-state index contributed by atoms with van der Waals surface area (Å²) >= 11 is 0. The second-order valence-corrected chi connectivity index (χ2v) is 7.21. The molecule has 0 aromatic heterocycles. The fraction of sp³-hybridized carbons (Fsp3) is 0.562. The van der Waals surface area contributed by atoms with Crippen molar-refractivity contribution in [3.05, 3.63) is 29.8 Å². The van der Waals surface area contributed by atoms with Crippen molar-refractivity contribution < 1.29 is 14.1 Å². The first-order chi connectivity index (χ1) is 10.2. The van der Waals surface area contributed by atoms with Crippen LogP contribution in [0.4, 0.5) is 0 Å². The highest BCUT2D eigenvalue weighted by molar-refractivity contribution is 7.85. The number of carbonyl (C=O) groups is 1. The highest BCUT2D eigenvalue weighted by Crippen LogP contribution is 2.24. The minimum Gasteiger partial charge on any atom is -0.396 e. The molecule has 0 aliphatic heterocycles. The van der Waals surface area contributed by atoms with Crippen molar-refractivity contribution in [2.45, 2.75) is 43.5 Å². The lowest BCUT2D eigenvalue weighted by Gasteiger charge is -2.28. The van der Waals surface area contributed by atoms with E-state index in [0.29, 0.717) is 22.1 Å². The second kappa shape index (κ2) is 7.71. The molecule has 2 N–H and O–H groups in total. The van der Waals surface area contributed by atoms with Gasteiger partial charge in [-0.05, 0) is 43.7 Å². The Bertz CT molecular complexity index is 510. The molecule has 1 aromatic carbocycles. The molecule has 1 amide bonds. The molecule has 5 heteroatoms. The molecule has 0 spiro atoms. The van der Waals surface area contributed by atoms with Crippen LogP contribution >= 0.6 is 0 Å². The predicted octanol–water partition coefficient (Wildman–Crippen LogP) is 2.09. The van der Waals surface area contributed by atoms with Gasteiger partial charge in [-0.2, -0.15) is 0 Å². The van der Waals surface area contributed by atoms with Gasteiger partial charge in [0.15, 0.2) is 0 Å². The van der Waals surface area contributed by atoms with E-state index in [1.165, 1.54) is 0 Å². The van der Waals surface area contributed by atoms with Crippen LogP contribution in [0.3, 0.4) is 0 Å². The van der Waals surface area contributed by atoms with Gasteiger partial charge in [-0.25, -0.2) is 0 Å². The maximum atomic E-state index is 12.4. The zero-order chi connectivity index (χ0) is 15.2. The van der Waals surface area contributed by atoms with Gasteiger partial charge in [-0.15, -0.1) is 0 Å². The van der Waals surface area contributed by atoms with E-state index in [2.05, 4.69) is 5.32 Å². The lowest BCUT2D eigenvalue weighted by molar-refractivity contribution is 0.0911. The van der Waals surface area contributed by atoms with Crippen molar-refractivity contribution in [2.75, 3.05) is 12.4 Å². The van der Waals surface area contributed by atoms with Crippen LogP contribution in [0.2, 0.25) is 0 Å². The van der Waals surface area contributed by atoms with Crippen LogP contribution in [0.15, 0.2) is 29.2 Å². The molecular formula is C16H23NO3S. The molecule has 116 valence electrons. The predicted molar refractivity (Wildman–Crippen MR) is 83.7 cm³/mol. The van der Waals surface area contributed by atoms with Gasteiger partial charge in [0, 0.05) is 18.4 Å². The molecule has 1 saturated carbocycles. The van der Waals surface area contributed by atoms with Gasteiger partial charge in [0.25, 0.3) is 5.91 Å². The molecule has 1 unspecified atom stereocenters. The summed E-state index contributed by atoms with van der Waals surface area (Å²) in [5.41, 5.74) is 0.516. The Labute approximate surface area is 128 Å². The summed E-state index contributed by atoms with van der Waals surface area (Å²) in [6.45, 7) is 2.08. The maximum Gasteiger partial charge on any atom is 0.252 e. The van der Waals surface area contributed by atoms with E-state index in [4.69, 9.17) is 5.11 Å². The molecule has 1 aliphatic carbocycles. The molecule has 1 fully saturated rings. The van der Waals surface area contributed by atoms with E-state index in [-0.39, 0.29) is 18.6 Å². The lowest BCUT2D eigenvalue weighted by atomic mass is 9.86. The summed E-state index contributed by atoms with van der Waals surface area (Å²) < 4.78 is 12.0. The summed E-state index contributed by atoms with van der Waals surface area (Å²) in [6.07, 6.45) is 3.69. The topological polar surface area (TPSA) is 66.4 Å². The number of rotatable bonds is 5. The summed E-state index contributed by atoms with van der Waals surface area (Å²) in [4.78, 5) is 13.0. The average molecular weight is 309 g/mol. The highest BCUT2D eigenvalue weighted by atomic mass is 32.2. The lowest BCUT2D eigenvalue weighted by Crippen LogP contribution is -2.38. The fourth-order valence-electron chi connectivity index (χ4n) is 2.76. The average Bonchev–Trinajstić information content (AvgIpc) is 2.54. The van der Waals surface area contributed by atoms with Crippen LogP contribution in [0, 0.1) is 5.92 Å². The molecule has 0 saturated heterocycles. The minimum atomic E-state index is -1.13. The van der Waals surface area contributed by atoms with E-state index in [1.54, 1.807) is 18.2 Å². The first-order valence-corrected chi connectivity index (χ1v) is 8.86. The second-order valence-electron chi connectivity index (χ2n) is 5.50. The quantitative estimate of drug-likeness (QED) is 0.875. The van der Waals surface area contributed by atoms with E-state index >= 15 is 0 Å². The molecule has 1 atom stereocenters. The Kier molecular flexibility index (Phi) is 5.94. The molecule has 4 nitrogen and oxygen atoms in total. The number of hydrogen-bond donors (Lipinski definition) is 2. The fourth-order valence-corrected chi connectivity index (χ4v) is 3.71. The number of nitrogens with one attached hydrogen (secondary N) is 1. The van der Waals surface area contributed by atoms with E-state index in [1.807, 2.05) is 13.0 Å². The van der Waals surface area contributed by atoms with Crippen LogP contribution in [0.1, 0.15) is 43.0 Å².